The van der Waals surface area contributed by atoms with Crippen molar-refractivity contribution in [3.8, 4) is 0 Å². The fourth-order valence-electron chi connectivity index (χ4n) is 2.55. The van der Waals surface area contributed by atoms with E-state index in [4.69, 9.17) is 19.0 Å². The lowest BCUT2D eigenvalue weighted by Gasteiger charge is -2.42. The summed E-state index contributed by atoms with van der Waals surface area (Å²) in [6.45, 7) is 13.7. The molecule has 0 fully saturated rings. The molecule has 0 aromatic rings. The second kappa shape index (κ2) is 9.43. The molecule has 0 radical (unpaired) electrons. The molecule has 0 aliphatic carbocycles. The lowest BCUT2D eigenvalue weighted by atomic mass is 10.1. The zero-order valence-corrected chi connectivity index (χ0v) is 14.8. The molecule has 1 unspecified atom stereocenters. The molecule has 0 amide bonds. The highest BCUT2D eigenvalue weighted by atomic mass is 31.2. The Hall–Kier alpha value is -0.720. The number of phosphoric ester groups is 1. The monoisotopic (exact) mass is 338 g/mol. The molecule has 2 N–H and O–H groups in total. The van der Waals surface area contributed by atoms with Gasteiger partial charge in [-0.05, 0) is 27.7 Å². The third kappa shape index (κ3) is 7.03. The van der Waals surface area contributed by atoms with E-state index in [-0.39, 0.29) is 19.3 Å². The summed E-state index contributed by atoms with van der Waals surface area (Å²) in [6.07, 6.45) is 0.467. The molecule has 0 aliphatic heterocycles. The van der Waals surface area contributed by atoms with Gasteiger partial charge in [0.1, 0.15) is 12.6 Å². The van der Waals surface area contributed by atoms with Gasteiger partial charge in [0, 0.05) is 12.0 Å². The molecule has 0 heterocycles. The lowest BCUT2D eigenvalue weighted by Crippen LogP contribution is -2.57. The first-order chi connectivity index (χ1) is 10.1. The van der Waals surface area contributed by atoms with Crippen LogP contribution in [0.2, 0.25) is 0 Å². The second-order valence-corrected chi connectivity index (χ2v) is 6.55. The lowest BCUT2D eigenvalue weighted by molar-refractivity contribution is -0.947. The van der Waals surface area contributed by atoms with Crippen molar-refractivity contribution >= 4 is 13.8 Å². The van der Waals surface area contributed by atoms with E-state index in [2.05, 4.69) is 6.58 Å². The van der Waals surface area contributed by atoms with Crippen molar-refractivity contribution in [1.82, 2.24) is 0 Å². The van der Waals surface area contributed by atoms with Crippen LogP contribution >= 0.6 is 7.82 Å². The van der Waals surface area contributed by atoms with E-state index >= 15 is 0 Å². The summed E-state index contributed by atoms with van der Waals surface area (Å²) in [5.41, 5.74) is 0.324. The van der Waals surface area contributed by atoms with Crippen LogP contribution in [0.3, 0.4) is 0 Å². The Bertz CT molecular complexity index is 407. The van der Waals surface area contributed by atoms with Gasteiger partial charge in [-0.1, -0.05) is 6.58 Å². The molecule has 0 rings (SSSR count). The van der Waals surface area contributed by atoms with Gasteiger partial charge in [0.25, 0.3) is 0 Å². The van der Waals surface area contributed by atoms with E-state index in [0.717, 1.165) is 19.6 Å². The number of carbonyl (C=O) groups excluding carboxylic acids is 1. The maximum atomic E-state index is 11.4. The van der Waals surface area contributed by atoms with E-state index in [1.807, 2.05) is 20.8 Å². The predicted octanol–water partition coefficient (Wildman–Crippen LogP) is 1.85. The van der Waals surface area contributed by atoms with Gasteiger partial charge in [0.05, 0.1) is 26.2 Å². The van der Waals surface area contributed by atoms with Crippen LogP contribution in [0.1, 0.15) is 34.1 Å². The third-order valence-electron chi connectivity index (χ3n) is 4.13. The van der Waals surface area contributed by atoms with Crippen LogP contribution in [0.25, 0.3) is 0 Å². The van der Waals surface area contributed by atoms with E-state index < -0.39 is 13.8 Å². The van der Waals surface area contributed by atoms with Gasteiger partial charge in [-0.3, -0.25) is 4.52 Å². The van der Waals surface area contributed by atoms with Gasteiger partial charge >= 0.3 is 13.8 Å². The predicted molar refractivity (Wildman–Crippen MR) is 84.1 cm³/mol. The Morgan fingerprint density at radius 3 is 2.09 bits per heavy atom. The fraction of sp³-hybridized carbons (Fsp3) is 0.786. The van der Waals surface area contributed by atoms with Crippen LogP contribution in [0.5, 0.6) is 0 Å². The summed E-state index contributed by atoms with van der Waals surface area (Å²) in [5.74, 6) is -0.461. The normalized spacial score (nSPS) is 13.7. The molecule has 22 heavy (non-hydrogen) atoms. The average molecular weight is 338 g/mol. The number of ether oxygens (including phenoxy) is 1. The Labute approximate surface area is 132 Å². The SMILES string of the molecule is C=C(C)C(=O)OCCC(COP(=O)(O)O)[N+](CC)(CC)CC. The minimum atomic E-state index is -4.52. The number of likely N-dealkylation sites (N-methyl/N-ethyl adjacent to an activating group) is 1. The molecule has 0 spiro atoms. The Morgan fingerprint density at radius 1 is 1.23 bits per heavy atom. The van der Waals surface area contributed by atoms with Crippen LogP contribution < -0.4 is 0 Å². The molecule has 7 nitrogen and oxygen atoms in total. The Morgan fingerprint density at radius 2 is 1.73 bits per heavy atom. The quantitative estimate of drug-likeness (QED) is 0.258. The largest absolute Gasteiger partial charge is 0.469 e. The van der Waals surface area contributed by atoms with Crippen LogP contribution in [0.4, 0.5) is 0 Å². The van der Waals surface area contributed by atoms with Crippen molar-refractivity contribution in [3.63, 3.8) is 0 Å². The van der Waals surface area contributed by atoms with Gasteiger partial charge in [0.2, 0.25) is 0 Å². The number of phosphoric acid groups is 1. The van der Waals surface area contributed by atoms with Crippen LogP contribution in [-0.4, -0.2) is 59.1 Å². The summed E-state index contributed by atoms with van der Waals surface area (Å²) in [4.78, 5) is 29.3. The highest BCUT2D eigenvalue weighted by Crippen LogP contribution is 2.36. The number of carbonyl (C=O) groups is 1. The van der Waals surface area contributed by atoms with Gasteiger partial charge in [0.15, 0.2) is 0 Å². The van der Waals surface area contributed by atoms with E-state index in [0.29, 0.717) is 16.5 Å². The standard InChI is InChI=1S/C14H28NO6P/c1-6-15(7-2,8-3)13(11-21-22(17,18)19)9-10-20-14(16)12(4)5/h13H,4,6-11H2,1-3,5H3,(H-,17,18,19)/p+1. The maximum Gasteiger partial charge on any atom is 0.469 e. The van der Waals surface area contributed by atoms with Gasteiger partial charge in [-0.25, -0.2) is 9.36 Å². The van der Waals surface area contributed by atoms with Crippen molar-refractivity contribution in [2.75, 3.05) is 32.8 Å². The molecule has 0 aromatic carbocycles. The molecular formula is C14H29NO6P+. The highest BCUT2D eigenvalue weighted by Gasteiger charge is 2.34. The zero-order valence-electron chi connectivity index (χ0n) is 13.9. The molecular weight excluding hydrogens is 309 g/mol. The molecule has 130 valence electrons. The van der Waals surface area contributed by atoms with E-state index in [1.165, 1.54) is 0 Å². The summed E-state index contributed by atoms with van der Waals surface area (Å²) < 4.78 is 21.4. The number of esters is 1. The molecule has 0 aromatic heterocycles. The van der Waals surface area contributed by atoms with Crippen LogP contribution in [0.15, 0.2) is 12.2 Å². The van der Waals surface area contributed by atoms with E-state index in [1.54, 1.807) is 6.92 Å². The van der Waals surface area contributed by atoms with Gasteiger partial charge in [-0.15, -0.1) is 0 Å². The summed E-state index contributed by atoms with van der Waals surface area (Å²) in [5, 5.41) is 0. The summed E-state index contributed by atoms with van der Waals surface area (Å²) in [6, 6.07) is -0.162. The number of hydrogen-bond donors (Lipinski definition) is 2. The Balaban J connectivity index is 4.89. The molecule has 0 aliphatic rings. The minimum absolute atomic E-state index is 0.0789. The van der Waals surface area contributed by atoms with E-state index in [9.17, 15) is 9.36 Å². The smallest absolute Gasteiger partial charge is 0.462 e. The van der Waals surface area contributed by atoms with Crippen molar-refractivity contribution in [3.05, 3.63) is 12.2 Å². The zero-order chi connectivity index (χ0) is 17.4. The molecule has 8 heteroatoms. The topological polar surface area (TPSA) is 93.1 Å². The van der Waals surface area contributed by atoms with Crippen molar-refractivity contribution < 1.29 is 32.9 Å². The third-order valence-corrected chi connectivity index (χ3v) is 4.62. The number of nitrogens with zero attached hydrogens (tertiary/aromatic N) is 1. The molecule has 0 saturated heterocycles. The first-order valence-corrected chi connectivity index (χ1v) is 9.03. The number of rotatable bonds is 11. The number of hydrogen-bond acceptors (Lipinski definition) is 4. The first kappa shape index (κ1) is 21.3. The molecule has 1 atom stereocenters. The second-order valence-electron chi connectivity index (χ2n) is 5.31. The molecule has 0 saturated carbocycles. The molecule has 0 bridgehead atoms. The average Bonchev–Trinajstić information content (AvgIpc) is 2.44. The minimum Gasteiger partial charge on any atom is -0.462 e. The fourth-order valence-corrected chi connectivity index (χ4v) is 2.92. The van der Waals surface area contributed by atoms with Crippen LogP contribution in [-0.2, 0) is 18.6 Å². The first-order valence-electron chi connectivity index (χ1n) is 7.50. The van der Waals surface area contributed by atoms with Gasteiger partial charge in [-0.2, -0.15) is 0 Å². The Kier molecular flexibility index (Phi) is 9.12. The number of quaternary nitrogens is 1. The van der Waals surface area contributed by atoms with Crippen molar-refractivity contribution in [1.29, 1.82) is 0 Å². The van der Waals surface area contributed by atoms with Crippen molar-refractivity contribution in [2.24, 2.45) is 0 Å². The maximum absolute atomic E-state index is 11.4. The van der Waals surface area contributed by atoms with Crippen molar-refractivity contribution in [2.45, 2.75) is 40.2 Å². The van der Waals surface area contributed by atoms with Crippen LogP contribution in [0, 0.1) is 0 Å². The highest BCUT2D eigenvalue weighted by molar-refractivity contribution is 7.46. The summed E-state index contributed by atoms with van der Waals surface area (Å²) in [7, 11) is -4.52. The summed E-state index contributed by atoms with van der Waals surface area (Å²) >= 11 is 0. The van der Waals surface area contributed by atoms with Gasteiger partial charge < -0.3 is 19.0 Å².